The minimum absolute atomic E-state index is 0.128. The van der Waals surface area contributed by atoms with Crippen molar-refractivity contribution in [2.45, 2.75) is 19.4 Å². The van der Waals surface area contributed by atoms with Gasteiger partial charge in [0.15, 0.2) is 5.13 Å². The number of hydrogen-bond donors (Lipinski definition) is 1. The normalized spacial score (nSPS) is 14.4. The van der Waals surface area contributed by atoms with Crippen LogP contribution in [0.15, 0.2) is 36.0 Å². The molecule has 22 heavy (non-hydrogen) atoms. The molecule has 1 aliphatic carbocycles. The number of fused-ring (bicyclic) bond motifs is 1. The number of carbonyl (C=O) groups excluding carboxylic acids is 1. The zero-order valence-electron chi connectivity index (χ0n) is 11.8. The highest BCUT2D eigenvalue weighted by molar-refractivity contribution is 7.13. The van der Waals surface area contributed by atoms with E-state index in [0.717, 1.165) is 23.4 Å². The molecule has 0 spiro atoms. The fourth-order valence-electron chi connectivity index (χ4n) is 2.63. The van der Waals surface area contributed by atoms with Crippen LogP contribution in [0.4, 0.5) is 5.13 Å². The van der Waals surface area contributed by atoms with E-state index in [-0.39, 0.29) is 5.91 Å². The Morgan fingerprint density at radius 2 is 2.32 bits per heavy atom. The first-order valence-electron chi connectivity index (χ1n) is 7.20. The fourth-order valence-corrected chi connectivity index (χ4v) is 3.32. The summed E-state index contributed by atoms with van der Waals surface area (Å²) in [7, 11) is 0. The summed E-state index contributed by atoms with van der Waals surface area (Å²) in [6.45, 7) is 0.946. The van der Waals surface area contributed by atoms with Gasteiger partial charge in [0.2, 0.25) is 0 Å². The number of hydrogen-bond acceptors (Lipinski definition) is 3. The molecule has 1 fully saturated rings. The number of nitrogens with zero attached hydrogens (tertiary/aromatic N) is 2. The molecule has 0 aliphatic heterocycles. The summed E-state index contributed by atoms with van der Waals surface area (Å²) in [5.74, 6) is 0.598. The average Bonchev–Trinajstić information content (AvgIpc) is 3.03. The highest BCUT2D eigenvalue weighted by Gasteiger charge is 2.24. The molecule has 2 heterocycles. The summed E-state index contributed by atoms with van der Waals surface area (Å²) in [5.41, 5.74) is 1.69. The van der Waals surface area contributed by atoms with Crippen molar-refractivity contribution in [2.24, 2.45) is 5.92 Å². The topological polar surface area (TPSA) is 46.9 Å². The van der Waals surface area contributed by atoms with Gasteiger partial charge in [-0.3, -0.25) is 10.1 Å². The predicted octanol–water partition coefficient (Wildman–Crippen LogP) is 4.41. The van der Waals surface area contributed by atoms with Crippen LogP contribution in [0.3, 0.4) is 0 Å². The summed E-state index contributed by atoms with van der Waals surface area (Å²) >= 11 is 7.53. The lowest BCUT2D eigenvalue weighted by atomic mass is 10.1. The molecule has 6 heteroatoms. The van der Waals surface area contributed by atoms with Gasteiger partial charge in [0.25, 0.3) is 5.91 Å². The van der Waals surface area contributed by atoms with Crippen molar-refractivity contribution in [3.8, 4) is 0 Å². The Hall–Kier alpha value is -1.85. The number of anilines is 1. The van der Waals surface area contributed by atoms with Crippen molar-refractivity contribution in [2.75, 3.05) is 5.32 Å². The summed E-state index contributed by atoms with van der Waals surface area (Å²) in [4.78, 5) is 16.6. The van der Waals surface area contributed by atoms with Crippen LogP contribution >= 0.6 is 22.9 Å². The second-order valence-corrected chi connectivity index (χ2v) is 6.92. The first kappa shape index (κ1) is 13.8. The van der Waals surface area contributed by atoms with E-state index in [1.807, 2.05) is 29.8 Å². The van der Waals surface area contributed by atoms with E-state index in [9.17, 15) is 4.79 Å². The maximum atomic E-state index is 12.5. The summed E-state index contributed by atoms with van der Waals surface area (Å²) in [6, 6.07) is 5.67. The molecule has 0 saturated heterocycles. The molecule has 1 aromatic carbocycles. The van der Waals surface area contributed by atoms with Gasteiger partial charge in [-0.25, -0.2) is 4.98 Å². The van der Waals surface area contributed by atoms with E-state index < -0.39 is 0 Å². The third-order valence-corrected chi connectivity index (χ3v) is 4.82. The van der Waals surface area contributed by atoms with E-state index in [4.69, 9.17) is 11.6 Å². The van der Waals surface area contributed by atoms with Crippen LogP contribution in [0.25, 0.3) is 10.9 Å². The van der Waals surface area contributed by atoms with E-state index in [1.165, 1.54) is 24.2 Å². The lowest BCUT2D eigenvalue weighted by molar-refractivity contribution is 0.102. The third kappa shape index (κ3) is 2.62. The summed E-state index contributed by atoms with van der Waals surface area (Å²) in [5, 5.41) is 6.92. The highest BCUT2D eigenvalue weighted by atomic mass is 35.5. The molecule has 0 unspecified atom stereocenters. The monoisotopic (exact) mass is 331 g/mol. The number of aromatic nitrogens is 2. The Morgan fingerprint density at radius 1 is 1.45 bits per heavy atom. The molecular formula is C16H14ClN3OS. The summed E-state index contributed by atoms with van der Waals surface area (Å²) < 4.78 is 2.15. The highest BCUT2D eigenvalue weighted by Crippen LogP contribution is 2.33. The van der Waals surface area contributed by atoms with Crippen molar-refractivity contribution in [3.63, 3.8) is 0 Å². The largest absolute Gasteiger partial charge is 0.346 e. The van der Waals surface area contributed by atoms with Gasteiger partial charge >= 0.3 is 0 Å². The standard InChI is InChI=1S/C16H14ClN3OS/c17-11-3-4-12-13(15(21)19-16-18-5-6-22-16)9-20(14(12)7-11)8-10-1-2-10/h3-7,9-10H,1-2,8H2,(H,18,19,21). The minimum Gasteiger partial charge on any atom is -0.346 e. The molecule has 1 amide bonds. The van der Waals surface area contributed by atoms with Gasteiger partial charge in [-0.2, -0.15) is 0 Å². The molecule has 4 nitrogen and oxygen atoms in total. The van der Waals surface area contributed by atoms with Crippen LogP contribution in [0.1, 0.15) is 23.2 Å². The smallest absolute Gasteiger partial charge is 0.259 e. The molecular weight excluding hydrogens is 318 g/mol. The van der Waals surface area contributed by atoms with Gasteiger partial charge in [0.05, 0.1) is 11.1 Å². The minimum atomic E-state index is -0.128. The molecule has 1 N–H and O–H groups in total. The van der Waals surface area contributed by atoms with Crippen molar-refractivity contribution in [3.05, 3.63) is 46.6 Å². The molecule has 2 aromatic heterocycles. The molecule has 112 valence electrons. The van der Waals surface area contributed by atoms with E-state index in [2.05, 4.69) is 14.9 Å². The molecule has 0 bridgehead atoms. The first-order chi connectivity index (χ1) is 10.7. The van der Waals surface area contributed by atoms with Gasteiger partial charge < -0.3 is 4.57 Å². The van der Waals surface area contributed by atoms with Crippen LogP contribution in [0, 0.1) is 5.92 Å². The van der Waals surface area contributed by atoms with Crippen LogP contribution in [0.5, 0.6) is 0 Å². The Labute approximate surface area is 136 Å². The Kier molecular flexibility index (Phi) is 3.39. The number of nitrogens with one attached hydrogen (secondary N) is 1. The molecule has 0 radical (unpaired) electrons. The third-order valence-electron chi connectivity index (χ3n) is 3.89. The number of rotatable bonds is 4. The van der Waals surface area contributed by atoms with Crippen molar-refractivity contribution in [1.82, 2.24) is 9.55 Å². The molecule has 0 atom stereocenters. The zero-order valence-corrected chi connectivity index (χ0v) is 13.3. The predicted molar refractivity (Wildman–Crippen MR) is 89.7 cm³/mol. The van der Waals surface area contributed by atoms with Gasteiger partial charge in [0.1, 0.15) is 0 Å². The average molecular weight is 332 g/mol. The Balaban J connectivity index is 1.74. The van der Waals surface area contributed by atoms with Crippen LogP contribution in [-0.2, 0) is 6.54 Å². The van der Waals surface area contributed by atoms with Gasteiger partial charge in [-0.15, -0.1) is 11.3 Å². The summed E-state index contributed by atoms with van der Waals surface area (Å²) in [6.07, 6.45) is 6.14. The lowest BCUT2D eigenvalue weighted by Crippen LogP contribution is -2.11. The fraction of sp³-hybridized carbons (Fsp3) is 0.250. The van der Waals surface area contributed by atoms with Gasteiger partial charge in [0, 0.05) is 34.7 Å². The SMILES string of the molecule is O=C(Nc1nccs1)c1cn(CC2CC2)c2cc(Cl)ccc12. The maximum Gasteiger partial charge on any atom is 0.259 e. The second-order valence-electron chi connectivity index (χ2n) is 5.59. The van der Waals surface area contributed by atoms with Gasteiger partial charge in [-0.05, 0) is 30.9 Å². The van der Waals surface area contributed by atoms with E-state index >= 15 is 0 Å². The van der Waals surface area contributed by atoms with Crippen molar-refractivity contribution < 1.29 is 4.79 Å². The van der Waals surface area contributed by atoms with Crippen LogP contribution in [0.2, 0.25) is 5.02 Å². The van der Waals surface area contributed by atoms with Crippen molar-refractivity contribution in [1.29, 1.82) is 0 Å². The molecule has 4 rings (SSSR count). The number of benzene rings is 1. The van der Waals surface area contributed by atoms with Gasteiger partial charge in [-0.1, -0.05) is 17.7 Å². The Bertz CT molecular complexity index is 837. The number of halogens is 1. The first-order valence-corrected chi connectivity index (χ1v) is 8.46. The van der Waals surface area contributed by atoms with E-state index in [1.54, 1.807) is 6.20 Å². The number of thiazole rings is 1. The van der Waals surface area contributed by atoms with Crippen LogP contribution < -0.4 is 5.32 Å². The molecule has 3 aromatic rings. The lowest BCUT2D eigenvalue weighted by Gasteiger charge is -2.03. The van der Waals surface area contributed by atoms with E-state index in [0.29, 0.717) is 15.7 Å². The molecule has 1 saturated carbocycles. The zero-order chi connectivity index (χ0) is 15.1. The quantitative estimate of drug-likeness (QED) is 0.769. The second kappa shape index (κ2) is 5.41. The maximum absolute atomic E-state index is 12.5. The van der Waals surface area contributed by atoms with Crippen molar-refractivity contribution >= 4 is 44.9 Å². The number of amides is 1. The Morgan fingerprint density at radius 3 is 3.05 bits per heavy atom. The van der Waals surface area contributed by atoms with Crippen LogP contribution in [-0.4, -0.2) is 15.5 Å². The molecule has 1 aliphatic rings. The number of carbonyl (C=O) groups is 1.